The number of carboxylic acid groups (broad SMARTS) is 1. The van der Waals surface area contributed by atoms with Crippen molar-refractivity contribution in [2.45, 2.75) is 19.8 Å². The monoisotopic (exact) mass is 339 g/mol. The van der Waals surface area contributed by atoms with Gasteiger partial charge >= 0.3 is 5.97 Å². The van der Waals surface area contributed by atoms with Crippen LogP contribution < -0.4 is 0 Å². The Bertz CT molecular complexity index is 565. The van der Waals surface area contributed by atoms with E-state index in [2.05, 4.69) is 20.9 Å². The highest BCUT2D eigenvalue weighted by Gasteiger charge is 2.19. The van der Waals surface area contributed by atoms with Crippen LogP contribution in [-0.4, -0.2) is 16.1 Å². The topological polar surface area (TPSA) is 50.2 Å². The Morgan fingerprint density at radius 2 is 2.05 bits per heavy atom. The van der Waals surface area contributed by atoms with E-state index < -0.39 is 11.9 Å². The average Bonchev–Trinajstić information content (AvgIpc) is 2.76. The van der Waals surface area contributed by atoms with Gasteiger partial charge in [0, 0.05) is 15.5 Å². The van der Waals surface area contributed by atoms with Crippen LogP contribution in [0.2, 0.25) is 0 Å². The van der Waals surface area contributed by atoms with Crippen molar-refractivity contribution in [3.63, 3.8) is 0 Å². The molecule has 100 valence electrons. The predicted octanol–water partition coefficient (Wildman–Crippen LogP) is 3.70. The maximum absolute atomic E-state index is 11.4. The smallest absolute Gasteiger partial charge is 0.307 e. The molecule has 0 saturated carbocycles. The van der Waals surface area contributed by atoms with E-state index in [1.165, 1.54) is 0 Å². The quantitative estimate of drug-likeness (QED) is 0.903. The van der Waals surface area contributed by atoms with E-state index in [-0.39, 0.29) is 0 Å². The lowest BCUT2D eigenvalue weighted by atomic mass is 9.96. The van der Waals surface area contributed by atoms with Gasteiger partial charge in [0.1, 0.15) is 0 Å². The van der Waals surface area contributed by atoms with Gasteiger partial charge in [0.05, 0.1) is 10.9 Å². The van der Waals surface area contributed by atoms with Crippen LogP contribution in [0.5, 0.6) is 0 Å². The molecule has 0 aliphatic rings. The van der Waals surface area contributed by atoms with E-state index in [1.54, 1.807) is 17.5 Å². The van der Waals surface area contributed by atoms with Gasteiger partial charge in [-0.3, -0.25) is 4.79 Å². The molecule has 0 bridgehead atoms. The maximum Gasteiger partial charge on any atom is 0.307 e. The zero-order chi connectivity index (χ0) is 13.8. The Hall–Kier alpha value is -1.20. The number of carbonyl (C=O) groups is 1. The third kappa shape index (κ3) is 4.14. The Labute approximate surface area is 124 Å². The summed E-state index contributed by atoms with van der Waals surface area (Å²) in [5.74, 6) is -1.16. The lowest BCUT2D eigenvalue weighted by Gasteiger charge is -2.11. The second-order valence-electron chi connectivity index (χ2n) is 4.42. The molecule has 0 amide bonds. The summed E-state index contributed by atoms with van der Waals surface area (Å²) in [6.07, 6.45) is 2.86. The minimum atomic E-state index is -0.756. The van der Waals surface area contributed by atoms with E-state index >= 15 is 0 Å². The van der Waals surface area contributed by atoms with Crippen molar-refractivity contribution in [3.05, 3.63) is 50.4 Å². The number of nitrogens with zero attached hydrogens (tertiary/aromatic N) is 1. The molecular weight excluding hydrogens is 326 g/mol. The molecule has 1 N–H and O–H groups in total. The van der Waals surface area contributed by atoms with Crippen molar-refractivity contribution in [3.8, 4) is 0 Å². The summed E-state index contributed by atoms with van der Waals surface area (Å²) in [5.41, 5.74) is 1.04. The minimum Gasteiger partial charge on any atom is -0.481 e. The van der Waals surface area contributed by atoms with Gasteiger partial charge in [-0.1, -0.05) is 28.1 Å². The van der Waals surface area contributed by atoms with Crippen LogP contribution in [0.4, 0.5) is 0 Å². The first-order valence-electron chi connectivity index (χ1n) is 5.93. The largest absolute Gasteiger partial charge is 0.481 e. The molecule has 2 rings (SSSR count). The summed E-state index contributed by atoms with van der Waals surface area (Å²) < 4.78 is 1.00. The normalized spacial score (nSPS) is 12.3. The van der Waals surface area contributed by atoms with E-state index in [0.717, 1.165) is 19.9 Å². The highest BCUT2D eigenvalue weighted by Crippen LogP contribution is 2.20. The fourth-order valence-corrected chi connectivity index (χ4v) is 3.03. The zero-order valence-corrected chi connectivity index (χ0v) is 12.9. The molecule has 0 saturated heterocycles. The Balaban J connectivity index is 2.08. The SMILES string of the molecule is Cc1ncc(CC(Cc2ccc(Br)cc2)C(=O)O)s1. The van der Waals surface area contributed by atoms with Gasteiger partial charge in [-0.2, -0.15) is 0 Å². The van der Waals surface area contributed by atoms with Crippen LogP contribution in [0.3, 0.4) is 0 Å². The van der Waals surface area contributed by atoms with Crippen LogP contribution in [0.1, 0.15) is 15.4 Å². The van der Waals surface area contributed by atoms with Crippen molar-refractivity contribution < 1.29 is 9.90 Å². The Morgan fingerprint density at radius 1 is 1.37 bits per heavy atom. The van der Waals surface area contributed by atoms with Gasteiger partial charge in [0.25, 0.3) is 0 Å². The molecule has 3 nitrogen and oxygen atoms in total. The van der Waals surface area contributed by atoms with Gasteiger partial charge in [-0.15, -0.1) is 11.3 Å². The molecule has 19 heavy (non-hydrogen) atoms. The number of benzene rings is 1. The number of rotatable bonds is 5. The van der Waals surface area contributed by atoms with E-state index in [9.17, 15) is 9.90 Å². The molecule has 1 aromatic heterocycles. The average molecular weight is 340 g/mol. The van der Waals surface area contributed by atoms with E-state index in [4.69, 9.17) is 0 Å². The standard InChI is InChI=1S/C14H14BrNO2S/c1-9-16-8-13(19-9)7-11(14(17)18)6-10-2-4-12(15)5-3-10/h2-5,8,11H,6-7H2,1H3,(H,17,18). The number of hydrogen-bond acceptors (Lipinski definition) is 3. The fourth-order valence-electron chi connectivity index (χ4n) is 1.89. The van der Waals surface area contributed by atoms with Crippen molar-refractivity contribution in [1.29, 1.82) is 0 Å². The van der Waals surface area contributed by atoms with Gasteiger partial charge in [0.15, 0.2) is 0 Å². The van der Waals surface area contributed by atoms with Crippen LogP contribution in [-0.2, 0) is 17.6 Å². The summed E-state index contributed by atoms with van der Waals surface area (Å²) in [6.45, 7) is 1.93. The number of aromatic nitrogens is 1. The summed E-state index contributed by atoms with van der Waals surface area (Å²) in [5, 5.41) is 10.3. The fraction of sp³-hybridized carbons (Fsp3) is 0.286. The molecule has 2 aromatic rings. The molecule has 1 atom stereocenters. The molecular formula is C14H14BrNO2S. The number of aliphatic carboxylic acids is 1. The summed E-state index contributed by atoms with van der Waals surface area (Å²) >= 11 is 4.94. The molecule has 0 spiro atoms. The predicted molar refractivity (Wildman–Crippen MR) is 79.5 cm³/mol. The molecule has 0 fully saturated rings. The molecule has 1 heterocycles. The Kier molecular flexibility index (Phi) is 4.71. The first-order chi connectivity index (χ1) is 9.04. The lowest BCUT2D eigenvalue weighted by molar-refractivity contribution is -0.141. The Morgan fingerprint density at radius 3 is 2.58 bits per heavy atom. The van der Waals surface area contributed by atoms with Gasteiger partial charge < -0.3 is 5.11 Å². The third-order valence-electron chi connectivity index (χ3n) is 2.86. The van der Waals surface area contributed by atoms with E-state index in [0.29, 0.717) is 12.8 Å². The zero-order valence-electron chi connectivity index (χ0n) is 10.5. The third-order valence-corrected chi connectivity index (χ3v) is 4.33. The molecule has 1 unspecified atom stereocenters. The molecule has 0 aliphatic carbocycles. The van der Waals surface area contributed by atoms with Crippen molar-refractivity contribution >= 4 is 33.2 Å². The molecule has 0 aliphatic heterocycles. The van der Waals surface area contributed by atoms with Gasteiger partial charge in [0.2, 0.25) is 0 Å². The second-order valence-corrected chi connectivity index (χ2v) is 6.65. The highest BCUT2D eigenvalue weighted by molar-refractivity contribution is 9.10. The highest BCUT2D eigenvalue weighted by atomic mass is 79.9. The number of hydrogen-bond donors (Lipinski definition) is 1. The van der Waals surface area contributed by atoms with Gasteiger partial charge in [-0.05, 0) is 37.5 Å². The minimum absolute atomic E-state index is 0.402. The summed E-state index contributed by atoms with van der Waals surface area (Å²) in [6, 6.07) is 7.78. The first kappa shape index (κ1) is 14.2. The lowest BCUT2D eigenvalue weighted by Crippen LogP contribution is -2.18. The molecule has 5 heteroatoms. The number of aryl methyl sites for hydroxylation is 1. The number of halogens is 1. The van der Waals surface area contributed by atoms with Crippen molar-refractivity contribution in [2.24, 2.45) is 5.92 Å². The van der Waals surface area contributed by atoms with Crippen LogP contribution in [0, 0.1) is 12.8 Å². The van der Waals surface area contributed by atoms with Gasteiger partial charge in [-0.25, -0.2) is 4.98 Å². The van der Waals surface area contributed by atoms with Crippen LogP contribution >= 0.6 is 27.3 Å². The number of thiazole rings is 1. The van der Waals surface area contributed by atoms with Crippen LogP contribution in [0.15, 0.2) is 34.9 Å². The van der Waals surface area contributed by atoms with Crippen molar-refractivity contribution in [2.75, 3.05) is 0 Å². The number of carboxylic acids is 1. The maximum atomic E-state index is 11.4. The van der Waals surface area contributed by atoms with Crippen molar-refractivity contribution in [1.82, 2.24) is 4.98 Å². The first-order valence-corrected chi connectivity index (χ1v) is 7.54. The second kappa shape index (κ2) is 6.30. The molecule has 1 aromatic carbocycles. The summed E-state index contributed by atoms with van der Waals surface area (Å²) in [4.78, 5) is 16.6. The van der Waals surface area contributed by atoms with E-state index in [1.807, 2.05) is 31.2 Å². The molecule has 0 radical (unpaired) electrons. The van der Waals surface area contributed by atoms with Crippen LogP contribution in [0.25, 0.3) is 0 Å². The summed E-state index contributed by atoms with van der Waals surface area (Å²) in [7, 11) is 0.